The minimum atomic E-state index is -0.810. The number of nitrogens with one attached hydrogen (secondary N) is 1. The summed E-state index contributed by atoms with van der Waals surface area (Å²) in [5.74, 6) is 0.547. The van der Waals surface area contributed by atoms with Crippen LogP contribution < -0.4 is 20.3 Å². The van der Waals surface area contributed by atoms with E-state index in [9.17, 15) is 9.59 Å². The van der Waals surface area contributed by atoms with Crippen LogP contribution in [0.3, 0.4) is 0 Å². The van der Waals surface area contributed by atoms with Gasteiger partial charge in [0.2, 0.25) is 5.88 Å². The fourth-order valence-corrected chi connectivity index (χ4v) is 2.65. The van der Waals surface area contributed by atoms with E-state index in [1.165, 1.54) is 16.8 Å². The summed E-state index contributed by atoms with van der Waals surface area (Å²) in [6, 6.07) is 15.4. The van der Waals surface area contributed by atoms with Gasteiger partial charge in [0.25, 0.3) is 11.5 Å². The molecule has 0 spiro atoms. The molecule has 1 amide bonds. The molecule has 1 atom stereocenters. The van der Waals surface area contributed by atoms with Crippen LogP contribution in [0.15, 0.2) is 59.4 Å². The maximum atomic E-state index is 12.4. The van der Waals surface area contributed by atoms with E-state index in [1.807, 2.05) is 32.0 Å². The Morgan fingerprint density at radius 1 is 1.03 bits per heavy atom. The third-order valence-corrected chi connectivity index (χ3v) is 4.54. The fourth-order valence-electron chi connectivity index (χ4n) is 2.65. The summed E-state index contributed by atoms with van der Waals surface area (Å²) in [5, 5.41) is 7.02. The first-order chi connectivity index (χ1) is 13.9. The second-order valence-electron chi connectivity index (χ2n) is 6.67. The minimum Gasteiger partial charge on any atom is -0.497 e. The molecular formula is C22H23N3O4. The zero-order valence-electron chi connectivity index (χ0n) is 16.8. The van der Waals surface area contributed by atoms with Crippen LogP contribution in [-0.2, 0) is 4.79 Å². The molecule has 1 N–H and O–H groups in total. The van der Waals surface area contributed by atoms with E-state index in [-0.39, 0.29) is 17.3 Å². The summed E-state index contributed by atoms with van der Waals surface area (Å²) in [5.41, 5.74) is 3.15. The van der Waals surface area contributed by atoms with Gasteiger partial charge in [0.05, 0.1) is 12.8 Å². The summed E-state index contributed by atoms with van der Waals surface area (Å²) in [6.07, 6.45) is -0.810. The number of aromatic nitrogens is 2. The third kappa shape index (κ3) is 4.82. The SMILES string of the molecule is COc1ccc(NC(=O)C(C)Oc2ccc(=O)n(-c3ccc(C)c(C)c3)n2)cc1. The van der Waals surface area contributed by atoms with Crippen molar-refractivity contribution in [3.63, 3.8) is 0 Å². The maximum Gasteiger partial charge on any atom is 0.271 e. The molecule has 0 aliphatic rings. The molecule has 0 aliphatic carbocycles. The normalized spacial score (nSPS) is 11.6. The molecule has 0 bridgehead atoms. The van der Waals surface area contributed by atoms with Crippen molar-refractivity contribution < 1.29 is 14.3 Å². The number of aryl methyl sites for hydroxylation is 2. The first-order valence-corrected chi connectivity index (χ1v) is 9.17. The van der Waals surface area contributed by atoms with Crippen LogP contribution in [0.5, 0.6) is 11.6 Å². The molecule has 0 fully saturated rings. The molecule has 1 heterocycles. The van der Waals surface area contributed by atoms with E-state index in [0.717, 1.165) is 11.1 Å². The van der Waals surface area contributed by atoms with Gasteiger partial charge in [0.1, 0.15) is 5.75 Å². The second-order valence-corrected chi connectivity index (χ2v) is 6.67. The van der Waals surface area contributed by atoms with Crippen molar-refractivity contribution in [2.45, 2.75) is 26.9 Å². The molecule has 0 saturated carbocycles. The number of hydrogen-bond donors (Lipinski definition) is 1. The van der Waals surface area contributed by atoms with Crippen LogP contribution in [0, 0.1) is 13.8 Å². The fraction of sp³-hybridized carbons (Fsp3) is 0.227. The predicted molar refractivity (Wildman–Crippen MR) is 111 cm³/mol. The van der Waals surface area contributed by atoms with E-state index in [2.05, 4.69) is 10.4 Å². The molecule has 2 aromatic carbocycles. The van der Waals surface area contributed by atoms with Gasteiger partial charge in [-0.25, -0.2) is 0 Å². The average Bonchev–Trinajstić information content (AvgIpc) is 2.72. The first kappa shape index (κ1) is 20.1. The van der Waals surface area contributed by atoms with E-state index in [0.29, 0.717) is 17.1 Å². The van der Waals surface area contributed by atoms with E-state index in [4.69, 9.17) is 9.47 Å². The lowest BCUT2D eigenvalue weighted by molar-refractivity contribution is -0.122. The van der Waals surface area contributed by atoms with E-state index >= 15 is 0 Å². The van der Waals surface area contributed by atoms with Crippen molar-refractivity contribution in [3.8, 4) is 17.3 Å². The van der Waals surface area contributed by atoms with Crippen molar-refractivity contribution in [1.82, 2.24) is 9.78 Å². The Bertz CT molecular complexity index is 1070. The zero-order chi connectivity index (χ0) is 21.0. The van der Waals surface area contributed by atoms with Gasteiger partial charge in [0, 0.05) is 17.8 Å². The second kappa shape index (κ2) is 8.60. The largest absolute Gasteiger partial charge is 0.497 e. The highest BCUT2D eigenvalue weighted by molar-refractivity contribution is 5.94. The number of nitrogens with zero attached hydrogens (tertiary/aromatic N) is 2. The molecule has 1 unspecified atom stereocenters. The first-order valence-electron chi connectivity index (χ1n) is 9.17. The van der Waals surface area contributed by atoms with Gasteiger partial charge in [-0.05, 0) is 68.3 Å². The minimum absolute atomic E-state index is 0.181. The topological polar surface area (TPSA) is 82.5 Å². The van der Waals surface area contributed by atoms with E-state index < -0.39 is 6.10 Å². The van der Waals surface area contributed by atoms with Crippen molar-refractivity contribution in [3.05, 3.63) is 76.1 Å². The average molecular weight is 393 g/mol. The molecule has 29 heavy (non-hydrogen) atoms. The van der Waals surface area contributed by atoms with Gasteiger partial charge in [0.15, 0.2) is 6.10 Å². The number of anilines is 1. The lowest BCUT2D eigenvalue weighted by Gasteiger charge is -2.15. The summed E-state index contributed by atoms with van der Waals surface area (Å²) in [6.45, 7) is 5.58. The summed E-state index contributed by atoms with van der Waals surface area (Å²) < 4.78 is 12.0. The molecule has 7 heteroatoms. The Labute approximate surface area is 168 Å². The standard InChI is InChI=1S/C22H23N3O4/c1-14-5-8-18(13-15(14)2)25-21(26)12-11-20(24-25)29-16(3)22(27)23-17-6-9-19(28-4)10-7-17/h5-13,16H,1-4H3,(H,23,27). The Morgan fingerprint density at radius 3 is 2.41 bits per heavy atom. The van der Waals surface area contributed by atoms with Crippen LogP contribution in [-0.4, -0.2) is 28.9 Å². The third-order valence-electron chi connectivity index (χ3n) is 4.54. The molecule has 7 nitrogen and oxygen atoms in total. The number of hydrogen-bond acceptors (Lipinski definition) is 5. The number of methoxy groups -OCH3 is 1. The molecule has 0 saturated heterocycles. The van der Waals surface area contributed by atoms with Gasteiger partial charge in [-0.15, -0.1) is 5.10 Å². The summed E-state index contributed by atoms with van der Waals surface area (Å²) in [4.78, 5) is 24.6. The highest BCUT2D eigenvalue weighted by Gasteiger charge is 2.16. The maximum absolute atomic E-state index is 12.4. The Hall–Kier alpha value is -3.61. The number of carbonyl (C=O) groups is 1. The molecule has 3 rings (SSSR count). The quantitative estimate of drug-likeness (QED) is 0.695. The molecular weight excluding hydrogens is 370 g/mol. The number of benzene rings is 2. The molecule has 1 aromatic heterocycles. The van der Waals surface area contributed by atoms with Gasteiger partial charge < -0.3 is 14.8 Å². The number of ether oxygens (including phenoxy) is 2. The monoisotopic (exact) mass is 393 g/mol. The van der Waals surface area contributed by atoms with Gasteiger partial charge in [-0.1, -0.05) is 6.07 Å². The highest BCUT2D eigenvalue weighted by Crippen LogP contribution is 2.16. The van der Waals surface area contributed by atoms with Gasteiger partial charge in [-0.2, -0.15) is 4.68 Å². The number of carbonyl (C=O) groups excluding carboxylic acids is 1. The molecule has 3 aromatic rings. The van der Waals surface area contributed by atoms with Crippen LogP contribution in [0.25, 0.3) is 5.69 Å². The smallest absolute Gasteiger partial charge is 0.271 e. The highest BCUT2D eigenvalue weighted by atomic mass is 16.5. The van der Waals surface area contributed by atoms with Crippen molar-refractivity contribution >= 4 is 11.6 Å². The lowest BCUT2D eigenvalue weighted by Crippen LogP contribution is -2.31. The lowest BCUT2D eigenvalue weighted by atomic mass is 10.1. The Kier molecular flexibility index (Phi) is 5.97. The van der Waals surface area contributed by atoms with Crippen LogP contribution in [0.4, 0.5) is 5.69 Å². The Balaban J connectivity index is 1.74. The van der Waals surface area contributed by atoms with Crippen molar-refractivity contribution in [1.29, 1.82) is 0 Å². The Morgan fingerprint density at radius 2 is 1.76 bits per heavy atom. The van der Waals surface area contributed by atoms with E-state index in [1.54, 1.807) is 38.3 Å². The number of amides is 1. The van der Waals surface area contributed by atoms with Gasteiger partial charge >= 0.3 is 0 Å². The van der Waals surface area contributed by atoms with Gasteiger partial charge in [-0.3, -0.25) is 9.59 Å². The molecule has 0 aliphatic heterocycles. The summed E-state index contributed by atoms with van der Waals surface area (Å²) >= 11 is 0. The predicted octanol–water partition coefficient (Wildman–Crippen LogP) is 3.26. The number of rotatable bonds is 6. The molecule has 150 valence electrons. The zero-order valence-corrected chi connectivity index (χ0v) is 16.8. The van der Waals surface area contributed by atoms with Crippen LogP contribution in [0.1, 0.15) is 18.1 Å². The van der Waals surface area contributed by atoms with Crippen LogP contribution in [0.2, 0.25) is 0 Å². The van der Waals surface area contributed by atoms with Crippen molar-refractivity contribution in [2.24, 2.45) is 0 Å². The summed E-state index contributed by atoms with van der Waals surface area (Å²) in [7, 11) is 1.58. The van der Waals surface area contributed by atoms with Crippen LogP contribution >= 0.6 is 0 Å². The van der Waals surface area contributed by atoms with Crippen molar-refractivity contribution in [2.75, 3.05) is 12.4 Å². The molecule has 0 radical (unpaired) electrons.